The van der Waals surface area contributed by atoms with Crippen LogP contribution in [0.5, 0.6) is 5.75 Å². The molecule has 3 aliphatic rings. The van der Waals surface area contributed by atoms with E-state index in [9.17, 15) is 13.2 Å². The standard InChI is InChI=1S/C17H25N3O4S/c1-12-4-7-16(24-2)15(8-12)18-17(21)20-10-13-5-6-14(20)11-19(9-13)25(3,22)23/h4,7-8,13-14H,5-6,9-11H2,1-3H3,(H,18,21). The average Bonchev–Trinajstić information content (AvgIpc) is 2.87. The Labute approximate surface area is 149 Å². The van der Waals surface area contributed by atoms with Gasteiger partial charge >= 0.3 is 6.03 Å². The first kappa shape index (κ1) is 18.0. The fraction of sp³-hybridized carbons (Fsp3) is 0.588. The number of hydrogen-bond acceptors (Lipinski definition) is 4. The maximum absolute atomic E-state index is 12.8. The minimum Gasteiger partial charge on any atom is -0.495 e. The van der Waals surface area contributed by atoms with Gasteiger partial charge in [-0.15, -0.1) is 0 Å². The van der Waals surface area contributed by atoms with E-state index in [0.29, 0.717) is 31.1 Å². The molecule has 3 aliphatic heterocycles. The summed E-state index contributed by atoms with van der Waals surface area (Å²) in [6.07, 6.45) is 3.02. The number of methoxy groups -OCH3 is 1. The Balaban J connectivity index is 1.78. The van der Waals surface area contributed by atoms with Crippen LogP contribution in [0.2, 0.25) is 0 Å². The summed E-state index contributed by atoms with van der Waals surface area (Å²) in [6.45, 7) is 3.39. The van der Waals surface area contributed by atoms with Gasteiger partial charge in [-0.05, 0) is 43.4 Å². The van der Waals surface area contributed by atoms with Crippen LogP contribution >= 0.6 is 0 Å². The number of rotatable bonds is 3. The third-order valence-corrected chi connectivity index (χ3v) is 6.24. The Bertz CT molecular complexity index is 765. The fourth-order valence-electron chi connectivity index (χ4n) is 3.66. The molecule has 138 valence electrons. The molecule has 1 aromatic carbocycles. The Morgan fingerprint density at radius 1 is 1.24 bits per heavy atom. The summed E-state index contributed by atoms with van der Waals surface area (Å²) < 4.78 is 30.7. The second-order valence-corrected chi connectivity index (χ2v) is 8.95. The molecule has 2 amide bonds. The molecular formula is C17H25N3O4S. The Morgan fingerprint density at radius 2 is 2.00 bits per heavy atom. The zero-order valence-corrected chi connectivity index (χ0v) is 15.7. The molecule has 0 aromatic heterocycles. The van der Waals surface area contributed by atoms with Crippen molar-refractivity contribution in [2.24, 2.45) is 5.92 Å². The van der Waals surface area contributed by atoms with Gasteiger partial charge in [0.05, 0.1) is 19.1 Å². The van der Waals surface area contributed by atoms with Crippen LogP contribution in [0.1, 0.15) is 18.4 Å². The number of piperidine rings is 1. The number of sulfonamides is 1. The van der Waals surface area contributed by atoms with Crippen LogP contribution in [0.4, 0.5) is 10.5 Å². The monoisotopic (exact) mass is 367 g/mol. The average molecular weight is 367 g/mol. The summed E-state index contributed by atoms with van der Waals surface area (Å²) in [5.41, 5.74) is 1.66. The number of benzene rings is 1. The summed E-state index contributed by atoms with van der Waals surface area (Å²) in [5.74, 6) is 0.787. The van der Waals surface area contributed by atoms with Crippen LogP contribution in [0, 0.1) is 12.8 Å². The third-order valence-electron chi connectivity index (χ3n) is 5.01. The van der Waals surface area contributed by atoms with E-state index < -0.39 is 10.0 Å². The lowest BCUT2D eigenvalue weighted by Crippen LogP contribution is -2.49. The number of nitrogens with zero attached hydrogens (tertiary/aromatic N) is 2. The van der Waals surface area contributed by atoms with Gasteiger partial charge in [-0.2, -0.15) is 4.31 Å². The number of ether oxygens (including phenoxy) is 1. The number of anilines is 1. The number of amides is 2. The summed E-state index contributed by atoms with van der Waals surface area (Å²) in [4.78, 5) is 14.6. The van der Waals surface area contributed by atoms with Crippen LogP contribution in [-0.4, -0.2) is 62.7 Å². The van der Waals surface area contributed by atoms with E-state index in [1.165, 1.54) is 10.6 Å². The van der Waals surface area contributed by atoms with Gasteiger partial charge in [0.15, 0.2) is 0 Å². The van der Waals surface area contributed by atoms with Crippen LogP contribution in [0.15, 0.2) is 18.2 Å². The molecule has 8 heteroatoms. The van der Waals surface area contributed by atoms with Crippen molar-refractivity contribution >= 4 is 21.7 Å². The molecule has 3 heterocycles. The number of urea groups is 1. The molecule has 1 aromatic rings. The van der Waals surface area contributed by atoms with Crippen molar-refractivity contribution in [3.8, 4) is 5.75 Å². The van der Waals surface area contributed by atoms with Crippen molar-refractivity contribution < 1.29 is 17.9 Å². The first-order valence-corrected chi connectivity index (χ1v) is 10.3. The van der Waals surface area contributed by atoms with Crippen LogP contribution in [0.3, 0.4) is 0 Å². The van der Waals surface area contributed by atoms with E-state index >= 15 is 0 Å². The van der Waals surface area contributed by atoms with E-state index in [4.69, 9.17) is 4.74 Å². The van der Waals surface area contributed by atoms with Crippen LogP contribution in [-0.2, 0) is 10.0 Å². The smallest absolute Gasteiger partial charge is 0.322 e. The van der Waals surface area contributed by atoms with E-state index in [0.717, 1.165) is 18.4 Å². The molecule has 0 spiro atoms. The van der Waals surface area contributed by atoms with Gasteiger partial charge < -0.3 is 15.0 Å². The number of carbonyl (C=O) groups excluding carboxylic acids is 1. The highest BCUT2D eigenvalue weighted by molar-refractivity contribution is 7.88. The first-order chi connectivity index (χ1) is 11.8. The second-order valence-electron chi connectivity index (χ2n) is 6.96. The predicted octanol–water partition coefficient (Wildman–Crippen LogP) is 1.89. The highest BCUT2D eigenvalue weighted by atomic mass is 32.2. The molecule has 4 rings (SSSR count). The molecule has 0 saturated carbocycles. The van der Waals surface area contributed by atoms with Gasteiger partial charge in [0.25, 0.3) is 0 Å². The number of nitrogens with one attached hydrogen (secondary N) is 1. The molecule has 1 N–H and O–H groups in total. The maximum atomic E-state index is 12.8. The molecule has 0 radical (unpaired) electrons. The van der Waals surface area contributed by atoms with Crippen molar-refractivity contribution in [3.05, 3.63) is 23.8 Å². The third kappa shape index (κ3) is 3.90. The number of aryl methyl sites for hydroxylation is 1. The van der Waals surface area contributed by atoms with E-state index in [1.807, 2.05) is 25.1 Å². The lowest BCUT2D eigenvalue weighted by atomic mass is 9.95. The van der Waals surface area contributed by atoms with E-state index in [-0.39, 0.29) is 18.0 Å². The minimum absolute atomic E-state index is 0.0933. The number of hydrogen-bond donors (Lipinski definition) is 1. The topological polar surface area (TPSA) is 79.0 Å². The molecule has 2 atom stereocenters. The quantitative estimate of drug-likeness (QED) is 0.885. The molecule has 0 aliphatic carbocycles. The highest BCUT2D eigenvalue weighted by Gasteiger charge is 2.39. The molecule has 3 saturated heterocycles. The Hall–Kier alpha value is -1.80. The molecule has 7 nitrogen and oxygen atoms in total. The van der Waals surface area contributed by atoms with Crippen molar-refractivity contribution in [3.63, 3.8) is 0 Å². The second kappa shape index (κ2) is 6.84. The van der Waals surface area contributed by atoms with Gasteiger partial charge in [-0.25, -0.2) is 13.2 Å². The van der Waals surface area contributed by atoms with Crippen molar-refractivity contribution in [1.82, 2.24) is 9.21 Å². The predicted molar refractivity (Wildman–Crippen MR) is 96.4 cm³/mol. The molecule has 3 fully saturated rings. The van der Waals surface area contributed by atoms with Gasteiger partial charge in [0, 0.05) is 25.7 Å². The molecule has 2 bridgehead atoms. The summed E-state index contributed by atoms with van der Waals surface area (Å²) >= 11 is 0. The lowest BCUT2D eigenvalue weighted by Gasteiger charge is -2.36. The fourth-order valence-corrected chi connectivity index (χ4v) is 4.59. The minimum atomic E-state index is -3.24. The van der Waals surface area contributed by atoms with E-state index in [2.05, 4.69) is 5.32 Å². The molecular weight excluding hydrogens is 342 g/mol. The van der Waals surface area contributed by atoms with Crippen LogP contribution < -0.4 is 10.1 Å². The van der Waals surface area contributed by atoms with Gasteiger partial charge in [-0.1, -0.05) is 6.07 Å². The maximum Gasteiger partial charge on any atom is 0.322 e. The van der Waals surface area contributed by atoms with E-state index in [1.54, 1.807) is 12.0 Å². The van der Waals surface area contributed by atoms with Crippen molar-refractivity contribution in [2.75, 3.05) is 38.3 Å². The SMILES string of the molecule is COc1ccc(C)cc1NC(=O)N1CC2CCC1CN(S(C)(=O)=O)C2. The van der Waals surface area contributed by atoms with Gasteiger partial charge in [-0.3, -0.25) is 0 Å². The Kier molecular flexibility index (Phi) is 4.92. The normalized spacial score (nSPS) is 24.0. The Morgan fingerprint density at radius 3 is 2.68 bits per heavy atom. The highest BCUT2D eigenvalue weighted by Crippen LogP contribution is 2.31. The largest absolute Gasteiger partial charge is 0.495 e. The molecule has 2 unspecified atom stereocenters. The van der Waals surface area contributed by atoms with Crippen LogP contribution in [0.25, 0.3) is 0 Å². The van der Waals surface area contributed by atoms with Crippen molar-refractivity contribution in [1.29, 1.82) is 0 Å². The zero-order chi connectivity index (χ0) is 18.2. The van der Waals surface area contributed by atoms with Gasteiger partial charge in [0.2, 0.25) is 10.0 Å². The van der Waals surface area contributed by atoms with Crippen molar-refractivity contribution in [2.45, 2.75) is 25.8 Å². The summed E-state index contributed by atoms with van der Waals surface area (Å²) in [7, 11) is -1.68. The van der Waals surface area contributed by atoms with Gasteiger partial charge in [0.1, 0.15) is 5.75 Å². The first-order valence-electron chi connectivity index (χ1n) is 8.45. The molecule has 25 heavy (non-hydrogen) atoms. The number of fused-ring (bicyclic) bond motifs is 4. The number of carbonyl (C=O) groups is 1. The summed E-state index contributed by atoms with van der Waals surface area (Å²) in [6, 6.07) is 5.32. The lowest BCUT2D eigenvalue weighted by molar-refractivity contribution is 0.153. The summed E-state index contributed by atoms with van der Waals surface area (Å²) in [5, 5.41) is 2.93. The zero-order valence-electron chi connectivity index (χ0n) is 14.9.